The number of anilines is 1. The van der Waals surface area contributed by atoms with Crippen molar-refractivity contribution in [1.82, 2.24) is 0 Å². The van der Waals surface area contributed by atoms with E-state index in [4.69, 9.17) is 4.74 Å². The van der Waals surface area contributed by atoms with Crippen LogP contribution in [0.2, 0.25) is 0 Å². The standard InChI is InChI=1S/C15H23NO/c1-11-4-5-12(2)15(10-11)16-13-6-8-14(17-3)9-7-13/h4-5,10,13-14,16H,6-9H2,1-3H3. The maximum absolute atomic E-state index is 5.40. The van der Waals surface area contributed by atoms with E-state index in [1.54, 1.807) is 0 Å². The van der Waals surface area contributed by atoms with Crippen molar-refractivity contribution in [1.29, 1.82) is 0 Å². The molecule has 0 unspecified atom stereocenters. The third kappa shape index (κ3) is 3.22. The fourth-order valence-electron chi connectivity index (χ4n) is 2.55. The first-order valence-corrected chi connectivity index (χ1v) is 6.55. The van der Waals surface area contributed by atoms with E-state index in [-0.39, 0.29) is 0 Å². The Morgan fingerprint density at radius 2 is 1.82 bits per heavy atom. The molecule has 1 N–H and O–H groups in total. The maximum Gasteiger partial charge on any atom is 0.0572 e. The lowest BCUT2D eigenvalue weighted by atomic mass is 9.92. The number of nitrogens with one attached hydrogen (secondary N) is 1. The molecular weight excluding hydrogens is 210 g/mol. The average Bonchev–Trinajstić information content (AvgIpc) is 2.35. The first kappa shape index (κ1) is 12.4. The molecule has 17 heavy (non-hydrogen) atoms. The summed E-state index contributed by atoms with van der Waals surface area (Å²) in [5.41, 5.74) is 3.96. The molecule has 1 fully saturated rings. The highest BCUT2D eigenvalue weighted by molar-refractivity contribution is 5.53. The van der Waals surface area contributed by atoms with Gasteiger partial charge in [-0.25, -0.2) is 0 Å². The van der Waals surface area contributed by atoms with Crippen molar-refractivity contribution in [2.24, 2.45) is 0 Å². The zero-order chi connectivity index (χ0) is 12.3. The normalized spacial score (nSPS) is 24.6. The summed E-state index contributed by atoms with van der Waals surface area (Å²) in [4.78, 5) is 0. The van der Waals surface area contributed by atoms with Crippen molar-refractivity contribution >= 4 is 5.69 Å². The summed E-state index contributed by atoms with van der Waals surface area (Å²) in [6, 6.07) is 7.22. The third-order valence-corrected chi connectivity index (χ3v) is 3.76. The van der Waals surface area contributed by atoms with Crippen LogP contribution in [0.3, 0.4) is 0 Å². The topological polar surface area (TPSA) is 21.3 Å². The molecule has 0 bridgehead atoms. The zero-order valence-electron chi connectivity index (χ0n) is 11.1. The number of benzene rings is 1. The molecule has 0 spiro atoms. The van der Waals surface area contributed by atoms with Crippen LogP contribution in [-0.2, 0) is 4.74 Å². The van der Waals surface area contributed by atoms with E-state index in [0.29, 0.717) is 12.1 Å². The minimum Gasteiger partial charge on any atom is -0.382 e. The van der Waals surface area contributed by atoms with E-state index < -0.39 is 0 Å². The first-order valence-electron chi connectivity index (χ1n) is 6.55. The summed E-state index contributed by atoms with van der Waals surface area (Å²) in [5, 5.41) is 3.68. The van der Waals surface area contributed by atoms with Crippen molar-refractivity contribution in [2.45, 2.75) is 51.7 Å². The minimum absolute atomic E-state index is 0.478. The molecule has 1 aliphatic carbocycles. The molecule has 0 saturated heterocycles. The van der Waals surface area contributed by atoms with Crippen LogP contribution in [0.4, 0.5) is 5.69 Å². The zero-order valence-corrected chi connectivity index (χ0v) is 11.1. The van der Waals surface area contributed by atoms with Crippen LogP contribution in [0, 0.1) is 13.8 Å². The van der Waals surface area contributed by atoms with Gasteiger partial charge in [0.1, 0.15) is 0 Å². The van der Waals surface area contributed by atoms with Gasteiger partial charge in [0.15, 0.2) is 0 Å². The molecule has 94 valence electrons. The lowest BCUT2D eigenvalue weighted by Crippen LogP contribution is -2.29. The van der Waals surface area contributed by atoms with Crippen LogP contribution in [0.1, 0.15) is 36.8 Å². The molecule has 1 aromatic rings. The van der Waals surface area contributed by atoms with Crippen molar-refractivity contribution in [2.75, 3.05) is 12.4 Å². The van der Waals surface area contributed by atoms with E-state index in [1.165, 1.54) is 42.5 Å². The quantitative estimate of drug-likeness (QED) is 0.860. The molecule has 0 aliphatic heterocycles. The van der Waals surface area contributed by atoms with Gasteiger partial charge in [-0.15, -0.1) is 0 Å². The maximum atomic E-state index is 5.40. The van der Waals surface area contributed by atoms with Crippen LogP contribution < -0.4 is 5.32 Å². The molecule has 2 rings (SSSR count). The highest BCUT2D eigenvalue weighted by Crippen LogP contribution is 2.25. The van der Waals surface area contributed by atoms with Gasteiger partial charge in [-0.1, -0.05) is 12.1 Å². The Balaban J connectivity index is 1.95. The van der Waals surface area contributed by atoms with Gasteiger partial charge >= 0.3 is 0 Å². The summed E-state index contributed by atoms with van der Waals surface area (Å²) < 4.78 is 5.40. The van der Waals surface area contributed by atoms with Crippen LogP contribution in [0.15, 0.2) is 18.2 Å². The SMILES string of the molecule is COC1CCC(Nc2cc(C)ccc2C)CC1. The molecule has 2 heteroatoms. The first-order chi connectivity index (χ1) is 8.19. The Hall–Kier alpha value is -1.02. The van der Waals surface area contributed by atoms with Crippen molar-refractivity contribution in [3.05, 3.63) is 29.3 Å². The number of rotatable bonds is 3. The van der Waals surface area contributed by atoms with Gasteiger partial charge in [0.05, 0.1) is 6.10 Å². The molecule has 0 amide bonds. The van der Waals surface area contributed by atoms with Gasteiger partial charge in [-0.05, 0) is 56.7 Å². The summed E-state index contributed by atoms with van der Waals surface area (Å²) >= 11 is 0. The van der Waals surface area contributed by atoms with Crippen LogP contribution in [0.5, 0.6) is 0 Å². The predicted molar refractivity (Wildman–Crippen MR) is 72.6 cm³/mol. The lowest BCUT2D eigenvalue weighted by Gasteiger charge is -2.29. The van der Waals surface area contributed by atoms with Crippen molar-refractivity contribution in [3.8, 4) is 0 Å². The van der Waals surface area contributed by atoms with Gasteiger partial charge in [0, 0.05) is 18.8 Å². The fourth-order valence-corrected chi connectivity index (χ4v) is 2.55. The van der Waals surface area contributed by atoms with Crippen LogP contribution >= 0.6 is 0 Å². The summed E-state index contributed by atoms with van der Waals surface area (Å²) in [5.74, 6) is 0. The second kappa shape index (κ2) is 5.54. The predicted octanol–water partition coefficient (Wildman–Crippen LogP) is 3.67. The highest BCUT2D eigenvalue weighted by Gasteiger charge is 2.20. The van der Waals surface area contributed by atoms with Gasteiger partial charge in [0.25, 0.3) is 0 Å². The number of ether oxygens (including phenoxy) is 1. The van der Waals surface area contributed by atoms with Crippen LogP contribution in [0.25, 0.3) is 0 Å². The molecule has 0 radical (unpaired) electrons. The Kier molecular flexibility index (Phi) is 4.06. The summed E-state index contributed by atoms with van der Waals surface area (Å²) in [6.45, 7) is 4.31. The lowest BCUT2D eigenvalue weighted by molar-refractivity contribution is 0.0682. The van der Waals surface area contributed by atoms with Gasteiger partial charge in [-0.2, -0.15) is 0 Å². The largest absolute Gasteiger partial charge is 0.382 e. The minimum atomic E-state index is 0.478. The Morgan fingerprint density at radius 1 is 1.12 bits per heavy atom. The summed E-state index contributed by atoms with van der Waals surface area (Å²) in [6.07, 6.45) is 5.27. The number of methoxy groups -OCH3 is 1. The molecule has 2 nitrogen and oxygen atoms in total. The second-order valence-corrected chi connectivity index (χ2v) is 5.17. The highest BCUT2D eigenvalue weighted by atomic mass is 16.5. The van der Waals surface area contributed by atoms with Gasteiger partial charge in [-0.3, -0.25) is 0 Å². The molecule has 0 atom stereocenters. The van der Waals surface area contributed by atoms with Crippen molar-refractivity contribution in [3.63, 3.8) is 0 Å². The number of aryl methyl sites for hydroxylation is 2. The third-order valence-electron chi connectivity index (χ3n) is 3.76. The fraction of sp³-hybridized carbons (Fsp3) is 0.600. The van der Waals surface area contributed by atoms with E-state index in [1.807, 2.05) is 7.11 Å². The monoisotopic (exact) mass is 233 g/mol. The second-order valence-electron chi connectivity index (χ2n) is 5.17. The molecule has 1 aromatic carbocycles. The van der Waals surface area contributed by atoms with Crippen molar-refractivity contribution < 1.29 is 4.74 Å². The summed E-state index contributed by atoms with van der Waals surface area (Å²) in [7, 11) is 1.82. The van der Waals surface area contributed by atoms with E-state index in [9.17, 15) is 0 Å². The Bertz CT molecular complexity index is 367. The molecular formula is C15H23NO. The van der Waals surface area contributed by atoms with Crippen LogP contribution in [-0.4, -0.2) is 19.3 Å². The van der Waals surface area contributed by atoms with E-state index in [0.717, 1.165) is 0 Å². The number of hydrogen-bond acceptors (Lipinski definition) is 2. The van der Waals surface area contributed by atoms with E-state index >= 15 is 0 Å². The van der Waals surface area contributed by atoms with Gasteiger partial charge in [0.2, 0.25) is 0 Å². The Morgan fingerprint density at radius 3 is 2.47 bits per heavy atom. The van der Waals surface area contributed by atoms with E-state index in [2.05, 4.69) is 37.4 Å². The smallest absolute Gasteiger partial charge is 0.0572 e. The molecule has 1 saturated carbocycles. The molecule has 0 aromatic heterocycles. The molecule has 0 heterocycles. The Labute approximate surface area is 104 Å². The molecule has 1 aliphatic rings. The average molecular weight is 233 g/mol. The number of hydrogen-bond donors (Lipinski definition) is 1. The van der Waals surface area contributed by atoms with Gasteiger partial charge < -0.3 is 10.1 Å².